The molecule has 0 fully saturated rings. The standard InChI is InChI=1S/C60H40N2S/c1-4-17-41(18-5-1)44-31-35-47(36-32-44)61(58-29-16-26-51-50-25-12-15-30-59(50)63-60(51)58)54-27-13-10-23-48(54)49-24-11-14-28-55(49)62-56-37-33-45(42-19-6-2-7-20-42)39-52(56)53-40-46(34-38-57(53)62)43-21-8-3-9-22-43/h1-40H. The monoisotopic (exact) mass is 820 g/mol. The number of hydrogen-bond donors (Lipinski definition) is 0. The summed E-state index contributed by atoms with van der Waals surface area (Å²) < 4.78 is 5.03. The molecule has 2 nitrogen and oxygen atoms in total. The summed E-state index contributed by atoms with van der Waals surface area (Å²) in [5, 5.41) is 5.01. The van der Waals surface area contributed by atoms with Crippen LogP contribution in [0.15, 0.2) is 243 Å². The maximum atomic E-state index is 2.48. The van der Waals surface area contributed by atoms with Gasteiger partial charge in [0.1, 0.15) is 0 Å². The van der Waals surface area contributed by atoms with E-state index in [9.17, 15) is 0 Å². The zero-order chi connectivity index (χ0) is 41.7. The third-order valence-corrected chi connectivity index (χ3v) is 13.6. The Morgan fingerprint density at radius 2 is 0.794 bits per heavy atom. The second kappa shape index (κ2) is 15.5. The van der Waals surface area contributed by atoms with Gasteiger partial charge >= 0.3 is 0 Å². The molecule has 12 aromatic rings. The molecule has 0 amide bonds. The molecule has 0 aliphatic carbocycles. The largest absolute Gasteiger partial charge is 0.309 e. The first-order valence-corrected chi connectivity index (χ1v) is 22.3. The quantitative estimate of drug-likeness (QED) is 0.148. The number of nitrogens with zero attached hydrogens (tertiary/aromatic N) is 2. The number of fused-ring (bicyclic) bond motifs is 6. The number of aromatic nitrogens is 1. The molecule has 0 saturated heterocycles. The van der Waals surface area contributed by atoms with E-state index in [2.05, 4.69) is 252 Å². The van der Waals surface area contributed by atoms with E-state index in [1.54, 1.807) is 0 Å². The van der Waals surface area contributed by atoms with Crippen LogP contribution in [0, 0.1) is 0 Å². The van der Waals surface area contributed by atoms with Crippen LogP contribution in [0.2, 0.25) is 0 Å². The van der Waals surface area contributed by atoms with Crippen molar-refractivity contribution < 1.29 is 0 Å². The molecule has 63 heavy (non-hydrogen) atoms. The number of anilines is 3. The van der Waals surface area contributed by atoms with Crippen molar-refractivity contribution in [2.45, 2.75) is 0 Å². The molecule has 0 unspecified atom stereocenters. The Bertz CT molecular complexity index is 3510. The minimum absolute atomic E-state index is 1.10. The number of hydrogen-bond acceptors (Lipinski definition) is 2. The fraction of sp³-hybridized carbons (Fsp3) is 0. The van der Waals surface area contributed by atoms with Crippen molar-refractivity contribution in [3.63, 3.8) is 0 Å². The van der Waals surface area contributed by atoms with Gasteiger partial charge in [-0.2, -0.15) is 0 Å². The molecule has 10 aromatic carbocycles. The van der Waals surface area contributed by atoms with Gasteiger partial charge in [0.2, 0.25) is 0 Å². The van der Waals surface area contributed by atoms with Gasteiger partial charge in [-0.05, 0) is 94.0 Å². The fourth-order valence-electron chi connectivity index (χ4n) is 9.45. The molecule has 3 heteroatoms. The maximum Gasteiger partial charge on any atom is 0.0640 e. The molecule has 0 N–H and O–H groups in total. The van der Waals surface area contributed by atoms with Gasteiger partial charge in [-0.3, -0.25) is 0 Å². The summed E-state index contributed by atoms with van der Waals surface area (Å²) in [5.41, 5.74) is 16.4. The lowest BCUT2D eigenvalue weighted by atomic mass is 9.99. The summed E-state index contributed by atoms with van der Waals surface area (Å²) in [6.07, 6.45) is 0. The summed E-state index contributed by atoms with van der Waals surface area (Å²) in [6, 6.07) is 88.4. The van der Waals surface area contributed by atoms with E-state index in [0.29, 0.717) is 0 Å². The maximum absolute atomic E-state index is 2.48. The average molecular weight is 821 g/mol. The fourth-order valence-corrected chi connectivity index (χ4v) is 10.7. The second-order valence-electron chi connectivity index (χ2n) is 16.1. The Balaban J connectivity index is 1.09. The lowest BCUT2D eigenvalue weighted by molar-refractivity contribution is 1.18. The van der Waals surface area contributed by atoms with Crippen molar-refractivity contribution >= 4 is 70.4 Å². The summed E-state index contributed by atoms with van der Waals surface area (Å²) in [5.74, 6) is 0. The molecule has 2 heterocycles. The lowest BCUT2D eigenvalue weighted by Crippen LogP contribution is -2.12. The van der Waals surface area contributed by atoms with Crippen molar-refractivity contribution in [3.8, 4) is 50.2 Å². The molecule has 0 atom stereocenters. The van der Waals surface area contributed by atoms with Gasteiger partial charge in [0.05, 0.1) is 32.8 Å². The normalized spacial score (nSPS) is 11.5. The van der Waals surface area contributed by atoms with Crippen LogP contribution < -0.4 is 4.90 Å². The first kappa shape index (κ1) is 36.8. The predicted molar refractivity (Wildman–Crippen MR) is 270 cm³/mol. The zero-order valence-corrected chi connectivity index (χ0v) is 35.2. The first-order valence-electron chi connectivity index (χ1n) is 21.5. The highest BCUT2D eigenvalue weighted by atomic mass is 32.1. The Labute approximate surface area is 370 Å². The lowest BCUT2D eigenvalue weighted by Gasteiger charge is -2.29. The van der Waals surface area contributed by atoms with E-state index in [0.717, 1.165) is 33.9 Å². The molecule has 0 radical (unpaired) electrons. The van der Waals surface area contributed by atoms with Gasteiger partial charge in [0.25, 0.3) is 0 Å². The Morgan fingerprint density at radius 3 is 1.44 bits per heavy atom. The molecule has 12 rings (SSSR count). The van der Waals surface area contributed by atoms with Crippen molar-refractivity contribution in [2.75, 3.05) is 4.90 Å². The summed E-state index contributed by atoms with van der Waals surface area (Å²) in [7, 11) is 0. The Kier molecular flexibility index (Phi) is 9.06. The number of para-hydroxylation sites is 2. The van der Waals surface area contributed by atoms with Crippen LogP contribution in [-0.2, 0) is 0 Å². The van der Waals surface area contributed by atoms with Gasteiger partial charge in [0.15, 0.2) is 0 Å². The summed E-state index contributed by atoms with van der Waals surface area (Å²) >= 11 is 1.86. The van der Waals surface area contributed by atoms with Crippen LogP contribution in [0.3, 0.4) is 0 Å². The van der Waals surface area contributed by atoms with Gasteiger partial charge < -0.3 is 9.47 Å². The Morgan fingerprint density at radius 1 is 0.317 bits per heavy atom. The minimum atomic E-state index is 1.10. The molecule has 0 aliphatic rings. The topological polar surface area (TPSA) is 8.17 Å². The van der Waals surface area contributed by atoms with Crippen molar-refractivity contribution in [1.82, 2.24) is 4.57 Å². The van der Waals surface area contributed by atoms with Gasteiger partial charge in [-0.25, -0.2) is 0 Å². The first-order chi connectivity index (χ1) is 31.3. The smallest absolute Gasteiger partial charge is 0.0640 e. The summed E-state index contributed by atoms with van der Waals surface area (Å²) in [4.78, 5) is 2.47. The van der Waals surface area contributed by atoms with Crippen molar-refractivity contribution in [1.29, 1.82) is 0 Å². The van der Waals surface area contributed by atoms with Crippen LogP contribution in [0.5, 0.6) is 0 Å². The van der Waals surface area contributed by atoms with Crippen molar-refractivity contribution in [3.05, 3.63) is 243 Å². The third kappa shape index (κ3) is 6.41. The average Bonchev–Trinajstić information content (AvgIpc) is 3.91. The van der Waals surface area contributed by atoms with Gasteiger partial charge in [-0.1, -0.05) is 182 Å². The molecule has 0 saturated carbocycles. The van der Waals surface area contributed by atoms with Crippen LogP contribution in [0.25, 0.3) is 92.2 Å². The highest BCUT2D eigenvalue weighted by Gasteiger charge is 2.24. The van der Waals surface area contributed by atoms with E-state index < -0.39 is 0 Å². The Hall–Kier alpha value is -7.98. The number of rotatable bonds is 8. The molecule has 296 valence electrons. The van der Waals surface area contributed by atoms with E-state index in [4.69, 9.17) is 0 Å². The van der Waals surface area contributed by atoms with E-state index in [-0.39, 0.29) is 0 Å². The van der Waals surface area contributed by atoms with Crippen molar-refractivity contribution in [2.24, 2.45) is 0 Å². The number of thiophene rings is 1. The van der Waals surface area contributed by atoms with Gasteiger partial charge in [-0.15, -0.1) is 11.3 Å². The summed E-state index contributed by atoms with van der Waals surface area (Å²) in [6.45, 7) is 0. The molecule has 0 bridgehead atoms. The third-order valence-electron chi connectivity index (χ3n) is 12.4. The van der Waals surface area contributed by atoms with Crippen LogP contribution in [-0.4, -0.2) is 4.57 Å². The zero-order valence-electron chi connectivity index (χ0n) is 34.4. The van der Waals surface area contributed by atoms with Crippen LogP contribution in [0.4, 0.5) is 17.1 Å². The molecule has 0 aliphatic heterocycles. The van der Waals surface area contributed by atoms with Crippen LogP contribution in [0.1, 0.15) is 0 Å². The number of benzene rings is 10. The van der Waals surface area contributed by atoms with Crippen LogP contribution >= 0.6 is 11.3 Å². The molecule has 0 spiro atoms. The highest BCUT2D eigenvalue weighted by molar-refractivity contribution is 7.26. The van der Waals surface area contributed by atoms with E-state index >= 15 is 0 Å². The van der Waals surface area contributed by atoms with E-state index in [1.807, 2.05) is 11.3 Å². The van der Waals surface area contributed by atoms with E-state index in [1.165, 1.54) is 75.4 Å². The van der Waals surface area contributed by atoms with Gasteiger partial charge in [0, 0.05) is 43.1 Å². The molecular formula is C60H40N2S. The highest BCUT2D eigenvalue weighted by Crippen LogP contribution is 2.49. The second-order valence-corrected chi connectivity index (χ2v) is 17.1. The SMILES string of the molecule is c1ccc(-c2ccc(N(c3ccccc3-c3ccccc3-n3c4ccc(-c5ccccc5)cc4c4cc(-c5ccccc5)ccc43)c3cccc4c3sc3ccccc34)cc2)cc1. The minimum Gasteiger partial charge on any atom is -0.309 e. The molecule has 2 aromatic heterocycles. The predicted octanol–water partition coefficient (Wildman–Crippen LogP) is 17.3. The molecular weight excluding hydrogens is 781 g/mol.